The molecule has 188 valence electrons. The van der Waals surface area contributed by atoms with Crippen molar-refractivity contribution in [3.05, 3.63) is 126 Å². The van der Waals surface area contributed by atoms with E-state index < -0.39 is 0 Å². The summed E-state index contributed by atoms with van der Waals surface area (Å²) < 4.78 is 9.25. The van der Waals surface area contributed by atoms with Crippen LogP contribution in [-0.2, 0) is 13.1 Å². The predicted octanol–water partition coefficient (Wildman–Crippen LogP) is 5.57. The van der Waals surface area contributed by atoms with Crippen molar-refractivity contribution in [3.8, 4) is 16.9 Å². The Morgan fingerprint density at radius 1 is 0.868 bits per heavy atom. The Labute approximate surface area is 220 Å². The molecule has 0 spiro atoms. The van der Waals surface area contributed by atoms with Gasteiger partial charge in [0.25, 0.3) is 11.8 Å². The van der Waals surface area contributed by atoms with E-state index >= 15 is 0 Å². The van der Waals surface area contributed by atoms with E-state index in [0.29, 0.717) is 30.1 Å². The van der Waals surface area contributed by atoms with Crippen LogP contribution in [0.5, 0.6) is 5.75 Å². The van der Waals surface area contributed by atoms with Crippen molar-refractivity contribution in [2.75, 3.05) is 12.0 Å². The van der Waals surface area contributed by atoms with Gasteiger partial charge < -0.3 is 14.2 Å². The van der Waals surface area contributed by atoms with Crippen LogP contribution in [0.1, 0.15) is 37.7 Å². The van der Waals surface area contributed by atoms with E-state index in [4.69, 9.17) is 4.74 Å². The number of fused-ring (bicyclic) bond motifs is 2. The number of hydrogen-bond acceptors (Lipinski definition) is 4. The maximum atomic E-state index is 14.2. The summed E-state index contributed by atoms with van der Waals surface area (Å²) in [5, 5.41) is 0. The van der Waals surface area contributed by atoms with Crippen LogP contribution in [0.2, 0.25) is 0 Å². The topological polar surface area (TPSA) is 69.4 Å². The molecule has 0 aliphatic carbocycles. The average molecular weight is 503 g/mol. The average Bonchev–Trinajstić information content (AvgIpc) is 3.59. The van der Waals surface area contributed by atoms with Crippen LogP contribution in [0.15, 0.2) is 97.6 Å². The predicted molar refractivity (Wildman–Crippen MR) is 146 cm³/mol. The Kier molecular flexibility index (Phi) is 5.88. The van der Waals surface area contributed by atoms with Crippen LogP contribution in [0, 0.1) is 6.92 Å². The molecule has 0 unspecified atom stereocenters. The van der Waals surface area contributed by atoms with Gasteiger partial charge in [-0.15, -0.1) is 0 Å². The van der Waals surface area contributed by atoms with Gasteiger partial charge >= 0.3 is 0 Å². The maximum Gasteiger partial charge on any atom is 0.279 e. The first-order valence-electron chi connectivity index (χ1n) is 12.4. The highest BCUT2D eigenvalue weighted by Gasteiger charge is 2.29. The summed E-state index contributed by atoms with van der Waals surface area (Å²) in [6.45, 7) is 2.77. The molecule has 2 aromatic heterocycles. The number of ether oxygens (including phenoxy) is 1. The summed E-state index contributed by atoms with van der Waals surface area (Å²) in [5.41, 5.74) is 6.67. The molecule has 0 saturated carbocycles. The van der Waals surface area contributed by atoms with Crippen molar-refractivity contribution in [2.24, 2.45) is 0 Å². The third kappa shape index (κ3) is 3.89. The lowest BCUT2D eigenvalue weighted by atomic mass is 9.96. The van der Waals surface area contributed by atoms with Gasteiger partial charge in [-0.25, -0.2) is 4.98 Å². The highest BCUT2D eigenvalue weighted by Crippen LogP contribution is 2.36. The number of carbonyl (C=O) groups excluding carboxylic acids is 2. The number of anilines is 1. The van der Waals surface area contributed by atoms with E-state index in [1.807, 2.05) is 90.4 Å². The Bertz CT molecular complexity index is 1650. The van der Waals surface area contributed by atoms with Gasteiger partial charge in [-0.3, -0.25) is 14.2 Å². The summed E-state index contributed by atoms with van der Waals surface area (Å²) in [6, 6.07) is 25.4. The molecule has 1 amide bonds. The molecule has 7 heteroatoms. The number of rotatable bonds is 4. The Balaban J connectivity index is 1.43. The zero-order valence-electron chi connectivity index (χ0n) is 21.2. The summed E-state index contributed by atoms with van der Waals surface area (Å²) >= 11 is 0. The van der Waals surface area contributed by atoms with Gasteiger partial charge in [0.05, 0.1) is 25.8 Å². The van der Waals surface area contributed by atoms with Crippen LogP contribution in [0.3, 0.4) is 0 Å². The molecule has 3 heterocycles. The van der Waals surface area contributed by atoms with Crippen molar-refractivity contribution in [1.29, 1.82) is 0 Å². The quantitative estimate of drug-likeness (QED) is 0.322. The van der Waals surface area contributed by atoms with Gasteiger partial charge in [0.15, 0.2) is 0 Å². The Morgan fingerprint density at radius 3 is 2.42 bits per heavy atom. The van der Waals surface area contributed by atoms with Crippen molar-refractivity contribution >= 4 is 17.5 Å². The fourth-order valence-electron chi connectivity index (χ4n) is 5.24. The molecule has 7 nitrogen and oxygen atoms in total. The van der Waals surface area contributed by atoms with Crippen molar-refractivity contribution in [1.82, 2.24) is 14.1 Å². The minimum atomic E-state index is -0.167. The lowest BCUT2D eigenvalue weighted by molar-refractivity contribution is 0.0949. The molecular formula is C31H26N4O3. The zero-order chi connectivity index (χ0) is 26.2. The van der Waals surface area contributed by atoms with Crippen LogP contribution in [-0.4, -0.2) is 33.0 Å². The Morgan fingerprint density at radius 2 is 1.66 bits per heavy atom. The number of hydrogen-bond donors (Lipinski definition) is 0. The van der Waals surface area contributed by atoms with Gasteiger partial charge in [-0.1, -0.05) is 54.6 Å². The van der Waals surface area contributed by atoms with Crippen LogP contribution < -0.4 is 9.64 Å². The van der Waals surface area contributed by atoms with E-state index in [9.17, 15) is 9.59 Å². The molecular weight excluding hydrogens is 476 g/mol. The number of aromatic nitrogens is 3. The second-order valence-electron chi connectivity index (χ2n) is 9.28. The van der Waals surface area contributed by atoms with Crippen molar-refractivity contribution in [2.45, 2.75) is 20.0 Å². The van der Waals surface area contributed by atoms with Gasteiger partial charge in [-0.05, 0) is 53.4 Å². The molecule has 5 aromatic rings. The van der Waals surface area contributed by atoms with Gasteiger partial charge in [0.2, 0.25) is 0 Å². The monoisotopic (exact) mass is 502 g/mol. The third-order valence-electron chi connectivity index (χ3n) is 7.13. The minimum Gasteiger partial charge on any atom is -0.496 e. The third-order valence-corrected chi connectivity index (χ3v) is 7.13. The fourth-order valence-corrected chi connectivity index (χ4v) is 5.24. The molecule has 0 N–H and O–H groups in total. The molecule has 1 aliphatic rings. The maximum absolute atomic E-state index is 14.2. The van der Waals surface area contributed by atoms with Crippen molar-refractivity contribution < 1.29 is 14.3 Å². The standard InChI is InChI=1S/C31H26N4O3/c1-21-25(22-8-4-3-5-9-22)13-14-26(29(21)38-2)30(36)35-19-24-12-15-28(31(37)33-17-16-32-20-33)34(24)18-23-10-6-7-11-27(23)35/h3-17,20H,18-19H2,1-2H3. The SMILES string of the molecule is COc1c(C(=O)N2Cc3ccc(C(=O)n4ccnc4)n3Cc3ccccc32)ccc(-c2ccccc2)c1C. The highest BCUT2D eigenvalue weighted by molar-refractivity contribution is 6.09. The number of para-hydroxylation sites is 1. The molecule has 0 atom stereocenters. The highest BCUT2D eigenvalue weighted by atomic mass is 16.5. The number of carbonyl (C=O) groups is 2. The van der Waals surface area contributed by atoms with Crippen LogP contribution in [0.25, 0.3) is 11.1 Å². The van der Waals surface area contributed by atoms with Crippen molar-refractivity contribution in [3.63, 3.8) is 0 Å². The second kappa shape index (κ2) is 9.52. The van der Waals surface area contributed by atoms with Crippen LogP contribution >= 0.6 is 0 Å². The van der Waals surface area contributed by atoms with E-state index in [0.717, 1.165) is 33.6 Å². The number of methoxy groups -OCH3 is 1. The van der Waals surface area contributed by atoms with Crippen LogP contribution in [0.4, 0.5) is 5.69 Å². The number of benzene rings is 3. The first-order chi connectivity index (χ1) is 18.6. The molecule has 0 radical (unpaired) electrons. The normalized spacial score (nSPS) is 12.4. The fraction of sp³-hybridized carbons (Fsp3) is 0.129. The van der Waals surface area contributed by atoms with E-state index in [1.165, 1.54) is 10.9 Å². The molecule has 0 saturated heterocycles. The van der Waals surface area contributed by atoms with E-state index in [2.05, 4.69) is 4.98 Å². The summed E-state index contributed by atoms with van der Waals surface area (Å²) in [7, 11) is 1.60. The number of imidazole rings is 1. The molecule has 3 aromatic carbocycles. The minimum absolute atomic E-state index is 0.158. The number of nitrogens with zero attached hydrogens (tertiary/aromatic N) is 4. The lowest BCUT2D eigenvalue weighted by Gasteiger charge is -2.24. The van der Waals surface area contributed by atoms with Gasteiger partial charge in [0.1, 0.15) is 17.8 Å². The summed E-state index contributed by atoms with van der Waals surface area (Å²) in [6.07, 6.45) is 4.71. The smallest absolute Gasteiger partial charge is 0.279 e. The second-order valence-corrected chi connectivity index (χ2v) is 9.28. The lowest BCUT2D eigenvalue weighted by Crippen LogP contribution is -2.31. The first-order valence-corrected chi connectivity index (χ1v) is 12.4. The summed E-state index contributed by atoms with van der Waals surface area (Å²) in [4.78, 5) is 33.1. The molecule has 6 rings (SSSR count). The largest absolute Gasteiger partial charge is 0.496 e. The zero-order valence-corrected chi connectivity index (χ0v) is 21.2. The van der Waals surface area contributed by atoms with Gasteiger partial charge in [0, 0.05) is 23.8 Å². The number of amides is 1. The summed E-state index contributed by atoms with van der Waals surface area (Å²) in [5.74, 6) is 0.235. The molecule has 0 fully saturated rings. The van der Waals surface area contributed by atoms with Gasteiger partial charge in [-0.2, -0.15) is 0 Å². The first kappa shape index (κ1) is 23.5. The molecule has 0 bridgehead atoms. The van der Waals surface area contributed by atoms with E-state index in [1.54, 1.807) is 24.4 Å². The van der Waals surface area contributed by atoms with E-state index in [-0.39, 0.29) is 11.8 Å². The Hall–Kier alpha value is -4.91. The molecule has 1 aliphatic heterocycles. The molecule has 38 heavy (non-hydrogen) atoms.